The number of amides is 1. The van der Waals surface area contributed by atoms with Crippen LogP contribution in [0.15, 0.2) is 45.8 Å². The van der Waals surface area contributed by atoms with E-state index in [1.807, 2.05) is 44.2 Å². The number of carbonyl (C=O) groups excluding carboxylic acids is 1. The van der Waals surface area contributed by atoms with E-state index in [0.717, 1.165) is 17.0 Å². The fraction of sp³-hybridized carbons (Fsp3) is 0.400. The van der Waals surface area contributed by atoms with Crippen LogP contribution < -0.4 is 16.0 Å². The van der Waals surface area contributed by atoms with Crippen LogP contribution in [0.3, 0.4) is 0 Å². The number of nitrogens with zero attached hydrogens (tertiary/aromatic N) is 1. The summed E-state index contributed by atoms with van der Waals surface area (Å²) < 4.78 is 5.53. The highest BCUT2D eigenvalue weighted by atomic mass is 16.4. The Morgan fingerprint density at radius 3 is 2.67 bits per heavy atom. The summed E-state index contributed by atoms with van der Waals surface area (Å²) in [6.45, 7) is 8.36. The molecule has 2 rings (SSSR count). The maximum absolute atomic E-state index is 11.2. The Labute approximate surface area is 159 Å². The largest absolute Gasteiger partial charge is 0.463 e. The average molecular weight is 372 g/mol. The normalized spacial score (nSPS) is 13.7. The van der Waals surface area contributed by atoms with Crippen LogP contribution in [0.5, 0.6) is 0 Å². The highest BCUT2D eigenvalue weighted by Crippen LogP contribution is 2.21. The van der Waals surface area contributed by atoms with Crippen LogP contribution in [0.1, 0.15) is 37.9 Å². The second-order valence-corrected chi connectivity index (χ2v) is 6.61. The fourth-order valence-electron chi connectivity index (χ4n) is 2.53. The Hall–Kier alpha value is -2.80. The molecule has 0 saturated carbocycles. The van der Waals surface area contributed by atoms with E-state index in [1.54, 1.807) is 13.0 Å². The maximum Gasteiger partial charge on any atom is 0.221 e. The van der Waals surface area contributed by atoms with Crippen LogP contribution in [0, 0.1) is 6.92 Å². The van der Waals surface area contributed by atoms with Crippen molar-refractivity contribution in [1.29, 1.82) is 0 Å². The highest BCUT2D eigenvalue weighted by Gasteiger charge is 2.27. The monoisotopic (exact) mass is 372 g/mol. The number of hydrogen-bond donors (Lipinski definition) is 4. The molecule has 1 unspecified atom stereocenters. The molecule has 1 amide bonds. The van der Waals surface area contributed by atoms with Gasteiger partial charge in [0, 0.05) is 19.2 Å². The van der Waals surface area contributed by atoms with Crippen molar-refractivity contribution < 1.29 is 14.3 Å². The fourth-order valence-corrected chi connectivity index (χ4v) is 2.53. The van der Waals surface area contributed by atoms with Crippen molar-refractivity contribution in [3.8, 4) is 0 Å². The van der Waals surface area contributed by atoms with Gasteiger partial charge in [-0.15, -0.1) is 0 Å². The van der Waals surface area contributed by atoms with E-state index < -0.39 is 5.60 Å². The number of aryl methyl sites for hydroxylation is 1. The number of carbonyl (C=O) groups is 1. The lowest BCUT2D eigenvalue weighted by Crippen LogP contribution is -2.44. The number of hydrogen-bond acceptors (Lipinski definition) is 4. The zero-order valence-electron chi connectivity index (χ0n) is 16.3. The second kappa shape index (κ2) is 9.23. The number of nitrogens with one attached hydrogen (secondary N) is 3. The van der Waals surface area contributed by atoms with Gasteiger partial charge in [-0.05, 0) is 50.6 Å². The van der Waals surface area contributed by atoms with Crippen molar-refractivity contribution in [2.75, 3.05) is 18.4 Å². The maximum atomic E-state index is 11.2. The summed E-state index contributed by atoms with van der Waals surface area (Å²) in [5.74, 6) is 1.74. The molecule has 1 atom stereocenters. The first-order valence-electron chi connectivity index (χ1n) is 8.98. The van der Waals surface area contributed by atoms with E-state index >= 15 is 0 Å². The molecule has 0 radical (unpaired) electrons. The lowest BCUT2D eigenvalue weighted by molar-refractivity contribution is -0.114. The molecule has 1 aromatic heterocycles. The quantitative estimate of drug-likeness (QED) is 0.442. The van der Waals surface area contributed by atoms with Gasteiger partial charge < -0.3 is 25.5 Å². The average Bonchev–Trinajstić information content (AvgIpc) is 3.04. The molecule has 4 N–H and O–H groups in total. The molecule has 0 aliphatic heterocycles. The van der Waals surface area contributed by atoms with Gasteiger partial charge in [-0.1, -0.05) is 12.1 Å². The molecule has 0 spiro atoms. The number of furan rings is 1. The first-order valence-corrected chi connectivity index (χ1v) is 8.98. The van der Waals surface area contributed by atoms with E-state index in [1.165, 1.54) is 6.92 Å². The molecule has 27 heavy (non-hydrogen) atoms. The van der Waals surface area contributed by atoms with E-state index in [9.17, 15) is 9.90 Å². The van der Waals surface area contributed by atoms with Crippen molar-refractivity contribution in [2.24, 2.45) is 4.99 Å². The summed E-state index contributed by atoms with van der Waals surface area (Å²) in [6.07, 6.45) is 0. The first kappa shape index (κ1) is 20.5. The van der Waals surface area contributed by atoms with Crippen LogP contribution in [0.2, 0.25) is 0 Å². The van der Waals surface area contributed by atoms with Gasteiger partial charge in [-0.3, -0.25) is 4.79 Å². The van der Waals surface area contributed by atoms with Crippen molar-refractivity contribution in [3.05, 3.63) is 53.5 Å². The van der Waals surface area contributed by atoms with Gasteiger partial charge in [0.1, 0.15) is 17.1 Å². The topological polar surface area (TPSA) is 98.9 Å². The second-order valence-electron chi connectivity index (χ2n) is 6.61. The molecule has 0 aliphatic carbocycles. The van der Waals surface area contributed by atoms with Gasteiger partial charge >= 0.3 is 0 Å². The molecule has 0 bridgehead atoms. The summed E-state index contributed by atoms with van der Waals surface area (Å²) in [7, 11) is 0. The van der Waals surface area contributed by atoms with Crippen molar-refractivity contribution >= 4 is 17.6 Å². The third-order valence-electron chi connectivity index (χ3n) is 3.88. The Balaban J connectivity index is 2.02. The van der Waals surface area contributed by atoms with Crippen LogP contribution in [-0.2, 0) is 16.9 Å². The standard InChI is InChI=1S/C20H28N4O3/c1-5-21-19(23-13-20(4,26)18-10-9-14(2)27-18)22-12-16-7-6-8-17(11-16)24-15(3)25/h6-11,26H,5,12-13H2,1-4H3,(H,24,25)(H2,21,22,23). The molecule has 146 valence electrons. The van der Waals surface area contributed by atoms with Crippen LogP contribution in [-0.4, -0.2) is 30.1 Å². The predicted molar refractivity (Wildman–Crippen MR) is 107 cm³/mol. The van der Waals surface area contributed by atoms with E-state index in [4.69, 9.17) is 4.42 Å². The first-order chi connectivity index (χ1) is 12.8. The smallest absolute Gasteiger partial charge is 0.221 e. The van der Waals surface area contributed by atoms with Crippen LogP contribution >= 0.6 is 0 Å². The molecule has 1 heterocycles. The third kappa shape index (κ3) is 6.45. The minimum absolute atomic E-state index is 0.110. The Kier molecular flexibility index (Phi) is 7.01. The summed E-state index contributed by atoms with van der Waals surface area (Å²) in [4.78, 5) is 15.7. The van der Waals surface area contributed by atoms with Gasteiger partial charge in [0.2, 0.25) is 5.91 Å². The zero-order valence-corrected chi connectivity index (χ0v) is 16.3. The molecule has 0 fully saturated rings. The van der Waals surface area contributed by atoms with Crippen molar-refractivity contribution in [1.82, 2.24) is 10.6 Å². The number of rotatable bonds is 7. The van der Waals surface area contributed by atoms with Gasteiger partial charge in [0.25, 0.3) is 0 Å². The molecular formula is C20H28N4O3. The Bertz CT molecular complexity index is 796. The molecule has 7 heteroatoms. The minimum atomic E-state index is -1.16. The summed E-state index contributed by atoms with van der Waals surface area (Å²) in [5.41, 5.74) is 0.548. The molecule has 0 saturated heterocycles. The molecule has 0 aliphatic rings. The summed E-state index contributed by atoms with van der Waals surface area (Å²) in [6, 6.07) is 11.1. The summed E-state index contributed by atoms with van der Waals surface area (Å²) in [5, 5.41) is 19.7. The number of benzene rings is 1. The van der Waals surface area contributed by atoms with Gasteiger partial charge in [0.15, 0.2) is 5.96 Å². The number of aliphatic imine (C=N–C) groups is 1. The lowest BCUT2D eigenvalue weighted by atomic mass is 10.0. The molecule has 1 aromatic carbocycles. The highest BCUT2D eigenvalue weighted by molar-refractivity contribution is 5.88. The predicted octanol–water partition coefficient (Wildman–Crippen LogP) is 2.51. The SMILES string of the molecule is CCNC(=NCc1cccc(NC(C)=O)c1)NCC(C)(O)c1ccc(C)o1. The van der Waals surface area contributed by atoms with Crippen LogP contribution in [0.4, 0.5) is 5.69 Å². The lowest BCUT2D eigenvalue weighted by Gasteiger charge is -2.22. The van der Waals surface area contributed by atoms with Gasteiger partial charge in [-0.2, -0.15) is 0 Å². The van der Waals surface area contributed by atoms with Crippen LogP contribution in [0.25, 0.3) is 0 Å². The zero-order chi connectivity index (χ0) is 19.9. The molecule has 7 nitrogen and oxygen atoms in total. The number of aliphatic hydroxyl groups is 1. The van der Waals surface area contributed by atoms with Gasteiger partial charge in [-0.25, -0.2) is 4.99 Å². The van der Waals surface area contributed by atoms with E-state index in [0.29, 0.717) is 24.8 Å². The van der Waals surface area contributed by atoms with Crippen molar-refractivity contribution in [3.63, 3.8) is 0 Å². The minimum Gasteiger partial charge on any atom is -0.463 e. The number of guanidine groups is 1. The number of anilines is 1. The van der Waals surface area contributed by atoms with E-state index in [-0.39, 0.29) is 12.5 Å². The van der Waals surface area contributed by atoms with E-state index in [2.05, 4.69) is 20.9 Å². The molecular weight excluding hydrogens is 344 g/mol. The summed E-state index contributed by atoms with van der Waals surface area (Å²) >= 11 is 0. The van der Waals surface area contributed by atoms with Gasteiger partial charge in [0.05, 0.1) is 13.1 Å². The Morgan fingerprint density at radius 1 is 1.26 bits per heavy atom. The Morgan fingerprint density at radius 2 is 2.04 bits per heavy atom. The molecule has 2 aromatic rings. The van der Waals surface area contributed by atoms with Crippen molar-refractivity contribution in [2.45, 2.75) is 39.8 Å². The third-order valence-corrected chi connectivity index (χ3v) is 3.88.